The van der Waals surface area contributed by atoms with Gasteiger partial charge in [0.15, 0.2) is 0 Å². The Hall–Kier alpha value is -1.90. The lowest BCUT2D eigenvalue weighted by Gasteiger charge is -2.12. The van der Waals surface area contributed by atoms with Gasteiger partial charge < -0.3 is 5.32 Å². The molecule has 1 heterocycles. The minimum absolute atomic E-state index is 0.0460. The molecule has 1 aromatic heterocycles. The molecule has 0 fully saturated rings. The summed E-state index contributed by atoms with van der Waals surface area (Å²) in [5.41, 5.74) is 0.380. The molecular weight excluding hydrogens is 322 g/mol. The monoisotopic (exact) mass is 337 g/mol. The number of rotatable bonds is 5. The standard InChI is InChI=1S/C14H15N3O3S2/c1-10(21-13-7-2-3-8-16-13)14(18)17-11-5-4-6-12(9-11)22(15,19)20/h2-10H,1H3,(H,17,18)(H2,15,19,20). The van der Waals surface area contributed by atoms with Crippen LogP contribution in [0.25, 0.3) is 0 Å². The first-order valence-corrected chi connectivity index (χ1v) is 8.80. The van der Waals surface area contributed by atoms with Gasteiger partial charge in [-0.15, -0.1) is 0 Å². The summed E-state index contributed by atoms with van der Waals surface area (Å²) >= 11 is 1.31. The predicted molar refractivity (Wildman–Crippen MR) is 86.0 cm³/mol. The van der Waals surface area contributed by atoms with Crippen LogP contribution in [0.2, 0.25) is 0 Å². The van der Waals surface area contributed by atoms with Crippen molar-refractivity contribution >= 4 is 33.4 Å². The smallest absolute Gasteiger partial charge is 0.238 e. The summed E-state index contributed by atoms with van der Waals surface area (Å²) < 4.78 is 22.6. The third-order valence-corrected chi connectivity index (χ3v) is 4.70. The molecule has 0 aliphatic heterocycles. The Morgan fingerprint density at radius 3 is 2.68 bits per heavy atom. The minimum Gasteiger partial charge on any atom is -0.325 e. The summed E-state index contributed by atoms with van der Waals surface area (Å²) in [5.74, 6) is -0.248. The van der Waals surface area contributed by atoms with E-state index in [1.165, 1.54) is 30.0 Å². The summed E-state index contributed by atoms with van der Waals surface area (Å²) in [7, 11) is -3.80. The van der Waals surface area contributed by atoms with Crippen LogP contribution in [0.3, 0.4) is 0 Å². The van der Waals surface area contributed by atoms with Crippen molar-refractivity contribution in [2.45, 2.75) is 22.1 Å². The number of primary sulfonamides is 1. The van der Waals surface area contributed by atoms with Gasteiger partial charge in [-0.1, -0.05) is 23.9 Å². The molecule has 22 heavy (non-hydrogen) atoms. The van der Waals surface area contributed by atoms with Gasteiger partial charge in [-0.3, -0.25) is 4.79 Å². The number of nitrogens with one attached hydrogen (secondary N) is 1. The molecule has 0 aliphatic carbocycles. The van der Waals surface area contributed by atoms with E-state index in [-0.39, 0.29) is 16.1 Å². The summed E-state index contributed by atoms with van der Waals surface area (Å²) in [4.78, 5) is 16.2. The number of nitrogens with zero attached hydrogens (tertiary/aromatic N) is 1. The van der Waals surface area contributed by atoms with Crippen molar-refractivity contribution in [1.29, 1.82) is 0 Å². The topological polar surface area (TPSA) is 102 Å². The molecule has 0 bridgehead atoms. The largest absolute Gasteiger partial charge is 0.325 e. The van der Waals surface area contributed by atoms with Crippen LogP contribution < -0.4 is 10.5 Å². The number of thioether (sulfide) groups is 1. The zero-order valence-corrected chi connectivity index (χ0v) is 13.4. The van der Waals surface area contributed by atoms with E-state index in [0.29, 0.717) is 5.69 Å². The SMILES string of the molecule is CC(Sc1ccccn1)C(=O)Nc1cccc(S(N)(=O)=O)c1. The molecule has 1 aromatic carbocycles. The van der Waals surface area contributed by atoms with E-state index >= 15 is 0 Å². The molecule has 6 nitrogen and oxygen atoms in total. The average Bonchev–Trinajstić information content (AvgIpc) is 2.47. The van der Waals surface area contributed by atoms with Gasteiger partial charge in [0.05, 0.1) is 15.2 Å². The van der Waals surface area contributed by atoms with E-state index in [4.69, 9.17) is 5.14 Å². The van der Waals surface area contributed by atoms with Crippen LogP contribution in [0.15, 0.2) is 58.6 Å². The normalized spacial score (nSPS) is 12.6. The van der Waals surface area contributed by atoms with E-state index < -0.39 is 10.0 Å². The van der Waals surface area contributed by atoms with Crippen LogP contribution in [0.1, 0.15) is 6.92 Å². The highest BCUT2D eigenvalue weighted by molar-refractivity contribution is 8.00. The Bertz CT molecular complexity index is 764. The van der Waals surface area contributed by atoms with Gasteiger partial charge in [0.1, 0.15) is 0 Å². The second-order valence-corrected chi connectivity index (χ2v) is 7.41. The predicted octanol–water partition coefficient (Wildman–Crippen LogP) is 1.85. The van der Waals surface area contributed by atoms with Crippen LogP contribution in [0, 0.1) is 0 Å². The fourth-order valence-electron chi connectivity index (χ4n) is 1.65. The molecule has 2 aromatic rings. The summed E-state index contributed by atoms with van der Waals surface area (Å²) in [6, 6.07) is 11.3. The average molecular weight is 337 g/mol. The Kier molecular flexibility index (Phi) is 5.17. The van der Waals surface area contributed by atoms with Gasteiger partial charge in [0, 0.05) is 11.9 Å². The highest BCUT2D eigenvalue weighted by Crippen LogP contribution is 2.22. The lowest BCUT2D eigenvalue weighted by atomic mass is 10.3. The molecule has 0 spiro atoms. The maximum atomic E-state index is 12.1. The van der Waals surface area contributed by atoms with Crippen LogP contribution in [0.4, 0.5) is 5.69 Å². The fraction of sp³-hybridized carbons (Fsp3) is 0.143. The van der Waals surface area contributed by atoms with Crippen molar-refractivity contribution in [3.63, 3.8) is 0 Å². The second kappa shape index (κ2) is 6.91. The summed E-state index contributed by atoms with van der Waals surface area (Å²) in [6.07, 6.45) is 1.66. The first-order valence-electron chi connectivity index (χ1n) is 6.37. The number of hydrogen-bond donors (Lipinski definition) is 2. The molecule has 8 heteroatoms. The highest BCUT2D eigenvalue weighted by atomic mass is 32.2. The fourth-order valence-corrected chi connectivity index (χ4v) is 3.01. The van der Waals surface area contributed by atoms with Gasteiger partial charge in [-0.2, -0.15) is 0 Å². The number of carbonyl (C=O) groups excluding carboxylic acids is 1. The third-order valence-electron chi connectivity index (χ3n) is 2.73. The Labute approximate surface area is 133 Å². The number of sulfonamides is 1. The highest BCUT2D eigenvalue weighted by Gasteiger charge is 2.16. The lowest BCUT2D eigenvalue weighted by Crippen LogP contribution is -2.22. The quantitative estimate of drug-likeness (QED) is 0.811. The van der Waals surface area contributed by atoms with Crippen molar-refractivity contribution in [3.8, 4) is 0 Å². The molecule has 0 aliphatic rings. The molecule has 3 N–H and O–H groups in total. The van der Waals surface area contributed by atoms with Crippen molar-refractivity contribution in [2.24, 2.45) is 5.14 Å². The lowest BCUT2D eigenvalue weighted by molar-refractivity contribution is -0.115. The van der Waals surface area contributed by atoms with E-state index in [2.05, 4.69) is 10.3 Å². The maximum Gasteiger partial charge on any atom is 0.238 e. The number of nitrogens with two attached hydrogens (primary N) is 1. The molecule has 1 unspecified atom stereocenters. The number of benzene rings is 1. The van der Waals surface area contributed by atoms with Crippen LogP contribution in [0.5, 0.6) is 0 Å². The first kappa shape index (κ1) is 16.5. The van der Waals surface area contributed by atoms with E-state index in [0.717, 1.165) is 5.03 Å². The van der Waals surface area contributed by atoms with Crippen LogP contribution >= 0.6 is 11.8 Å². The summed E-state index contributed by atoms with van der Waals surface area (Å²) in [5, 5.41) is 8.09. The Morgan fingerprint density at radius 2 is 2.05 bits per heavy atom. The van der Waals surface area contributed by atoms with E-state index in [1.807, 2.05) is 12.1 Å². The molecule has 116 valence electrons. The molecule has 1 atom stereocenters. The zero-order chi connectivity index (χ0) is 16.2. The first-order chi connectivity index (χ1) is 10.4. The second-order valence-electron chi connectivity index (χ2n) is 4.49. The zero-order valence-electron chi connectivity index (χ0n) is 11.8. The van der Waals surface area contributed by atoms with Crippen molar-refractivity contribution < 1.29 is 13.2 Å². The van der Waals surface area contributed by atoms with Crippen LogP contribution in [-0.2, 0) is 14.8 Å². The van der Waals surface area contributed by atoms with E-state index in [1.54, 1.807) is 25.3 Å². The Morgan fingerprint density at radius 1 is 1.27 bits per heavy atom. The number of amides is 1. The van der Waals surface area contributed by atoms with Crippen molar-refractivity contribution in [2.75, 3.05) is 5.32 Å². The van der Waals surface area contributed by atoms with Crippen molar-refractivity contribution in [1.82, 2.24) is 4.98 Å². The molecule has 1 amide bonds. The molecule has 0 saturated heterocycles. The number of hydrogen-bond acceptors (Lipinski definition) is 5. The Balaban J connectivity index is 2.06. The van der Waals surface area contributed by atoms with Gasteiger partial charge in [-0.25, -0.2) is 18.5 Å². The van der Waals surface area contributed by atoms with Gasteiger partial charge in [0.25, 0.3) is 0 Å². The number of carbonyl (C=O) groups is 1. The van der Waals surface area contributed by atoms with Gasteiger partial charge in [-0.05, 0) is 37.3 Å². The number of aromatic nitrogens is 1. The number of pyridine rings is 1. The molecular formula is C14H15N3O3S2. The van der Waals surface area contributed by atoms with Crippen LogP contribution in [-0.4, -0.2) is 24.6 Å². The van der Waals surface area contributed by atoms with E-state index in [9.17, 15) is 13.2 Å². The maximum absolute atomic E-state index is 12.1. The van der Waals surface area contributed by atoms with Gasteiger partial charge in [0.2, 0.25) is 15.9 Å². The molecule has 0 saturated carbocycles. The number of anilines is 1. The van der Waals surface area contributed by atoms with Crippen molar-refractivity contribution in [3.05, 3.63) is 48.7 Å². The summed E-state index contributed by atoms with van der Waals surface area (Å²) in [6.45, 7) is 1.75. The van der Waals surface area contributed by atoms with Gasteiger partial charge >= 0.3 is 0 Å². The third kappa shape index (κ3) is 4.55. The molecule has 2 rings (SSSR count). The minimum atomic E-state index is -3.80. The molecule has 0 radical (unpaired) electrons.